The highest BCUT2D eigenvalue weighted by atomic mass is 32.1. The number of rotatable bonds is 10. The number of nitrogens with zero attached hydrogens (tertiary/aromatic N) is 1. The minimum atomic E-state index is -0.466. The number of aliphatic hydroxyl groups excluding tert-OH is 2. The summed E-state index contributed by atoms with van der Waals surface area (Å²) in [4.78, 5) is 1.38. The fourth-order valence-corrected chi connectivity index (χ4v) is 5.53. The van der Waals surface area contributed by atoms with Crippen LogP contribution in [0.25, 0.3) is 0 Å². The first kappa shape index (κ1) is 22.0. The third-order valence-electron chi connectivity index (χ3n) is 6.38. The highest BCUT2D eigenvalue weighted by Crippen LogP contribution is 2.46. The molecule has 0 bridgehead atoms. The van der Waals surface area contributed by atoms with Crippen LogP contribution in [0.15, 0.2) is 41.8 Å². The van der Waals surface area contributed by atoms with E-state index in [1.54, 1.807) is 11.3 Å². The maximum absolute atomic E-state index is 10.7. The molecule has 4 heteroatoms. The normalized spacial score (nSPS) is 25.0. The Balaban J connectivity index is 1.66. The van der Waals surface area contributed by atoms with E-state index in [1.165, 1.54) is 4.88 Å². The van der Waals surface area contributed by atoms with Crippen LogP contribution in [0.1, 0.15) is 79.9 Å². The lowest BCUT2D eigenvalue weighted by Gasteiger charge is -2.24. The first-order chi connectivity index (χ1) is 14.1. The SMILES string of the molecule is CCCCCC(O)c1ccc([C@@H]2[C@@H](CCCc3cccs3)[C@H](C#N)C[C@H]2O)cc1. The van der Waals surface area contributed by atoms with Gasteiger partial charge in [0, 0.05) is 10.8 Å². The molecule has 29 heavy (non-hydrogen) atoms. The summed E-state index contributed by atoms with van der Waals surface area (Å²) in [7, 11) is 0. The maximum atomic E-state index is 10.7. The Morgan fingerprint density at radius 3 is 2.62 bits per heavy atom. The first-order valence-corrected chi connectivity index (χ1v) is 11.9. The van der Waals surface area contributed by atoms with Gasteiger partial charge in [0.15, 0.2) is 0 Å². The molecule has 0 saturated heterocycles. The van der Waals surface area contributed by atoms with Gasteiger partial charge in [0.1, 0.15) is 0 Å². The number of aryl methyl sites for hydroxylation is 1. The summed E-state index contributed by atoms with van der Waals surface area (Å²) in [5.41, 5.74) is 2.05. The molecule has 1 saturated carbocycles. The second-order valence-corrected chi connectivity index (χ2v) is 9.41. The molecule has 1 heterocycles. The first-order valence-electron chi connectivity index (χ1n) is 11.0. The van der Waals surface area contributed by atoms with Crippen LogP contribution in [0, 0.1) is 23.2 Å². The summed E-state index contributed by atoms with van der Waals surface area (Å²) < 4.78 is 0. The van der Waals surface area contributed by atoms with Crippen LogP contribution in [0.2, 0.25) is 0 Å². The smallest absolute Gasteiger partial charge is 0.0790 e. The molecule has 5 atom stereocenters. The average molecular weight is 412 g/mol. The van der Waals surface area contributed by atoms with Crippen molar-refractivity contribution < 1.29 is 10.2 Å². The van der Waals surface area contributed by atoms with Crippen LogP contribution < -0.4 is 0 Å². The summed E-state index contributed by atoms with van der Waals surface area (Å²) in [5, 5.41) is 32.9. The second kappa shape index (κ2) is 10.9. The molecular formula is C25H33NO2S. The number of hydrogen-bond donors (Lipinski definition) is 2. The van der Waals surface area contributed by atoms with Crippen LogP contribution in [-0.4, -0.2) is 16.3 Å². The number of benzene rings is 1. The molecule has 156 valence electrons. The fourth-order valence-electron chi connectivity index (χ4n) is 4.78. The van der Waals surface area contributed by atoms with Crippen LogP contribution in [0.4, 0.5) is 0 Å². The lowest BCUT2D eigenvalue weighted by molar-refractivity contribution is 0.152. The summed E-state index contributed by atoms with van der Waals surface area (Å²) >= 11 is 1.78. The Hall–Kier alpha value is -1.67. The number of unbranched alkanes of at least 4 members (excludes halogenated alkanes) is 2. The highest BCUT2D eigenvalue weighted by molar-refractivity contribution is 7.09. The van der Waals surface area contributed by atoms with Crippen molar-refractivity contribution in [1.29, 1.82) is 5.26 Å². The molecule has 2 aromatic rings. The van der Waals surface area contributed by atoms with E-state index in [0.29, 0.717) is 6.42 Å². The minimum absolute atomic E-state index is 0.00858. The van der Waals surface area contributed by atoms with Crippen molar-refractivity contribution in [3.05, 3.63) is 57.8 Å². The van der Waals surface area contributed by atoms with Crippen molar-refractivity contribution in [3.63, 3.8) is 0 Å². The third kappa shape index (κ3) is 5.69. The van der Waals surface area contributed by atoms with Gasteiger partial charge < -0.3 is 10.2 Å². The lowest BCUT2D eigenvalue weighted by atomic mass is 9.81. The maximum Gasteiger partial charge on any atom is 0.0790 e. The largest absolute Gasteiger partial charge is 0.392 e. The van der Waals surface area contributed by atoms with Crippen LogP contribution >= 0.6 is 11.3 Å². The summed E-state index contributed by atoms with van der Waals surface area (Å²) in [6.45, 7) is 2.17. The van der Waals surface area contributed by atoms with Gasteiger partial charge in [-0.25, -0.2) is 0 Å². The molecule has 3 nitrogen and oxygen atoms in total. The van der Waals surface area contributed by atoms with Gasteiger partial charge in [-0.05, 0) is 60.6 Å². The topological polar surface area (TPSA) is 64.2 Å². The molecule has 3 rings (SSSR count). The van der Waals surface area contributed by atoms with Gasteiger partial charge in [-0.2, -0.15) is 5.26 Å². The molecule has 1 aromatic heterocycles. The van der Waals surface area contributed by atoms with Crippen LogP contribution in [0.3, 0.4) is 0 Å². The minimum Gasteiger partial charge on any atom is -0.392 e. The molecule has 1 aliphatic rings. The second-order valence-electron chi connectivity index (χ2n) is 8.38. The van der Waals surface area contributed by atoms with Crippen molar-refractivity contribution in [2.75, 3.05) is 0 Å². The van der Waals surface area contributed by atoms with Gasteiger partial charge in [0.2, 0.25) is 0 Å². The van der Waals surface area contributed by atoms with Gasteiger partial charge in [-0.15, -0.1) is 11.3 Å². The van der Waals surface area contributed by atoms with Crippen molar-refractivity contribution in [2.24, 2.45) is 11.8 Å². The zero-order valence-corrected chi connectivity index (χ0v) is 18.2. The lowest BCUT2D eigenvalue weighted by Crippen LogP contribution is -2.18. The zero-order chi connectivity index (χ0) is 20.6. The molecule has 1 fully saturated rings. The van der Waals surface area contributed by atoms with E-state index in [4.69, 9.17) is 0 Å². The number of aliphatic hydroxyl groups is 2. The molecule has 1 unspecified atom stereocenters. The van der Waals surface area contributed by atoms with Crippen LogP contribution in [-0.2, 0) is 6.42 Å². The van der Waals surface area contributed by atoms with Crippen molar-refractivity contribution in [2.45, 2.75) is 76.4 Å². The van der Waals surface area contributed by atoms with E-state index in [-0.39, 0.29) is 17.8 Å². The quantitative estimate of drug-likeness (QED) is 0.472. The van der Waals surface area contributed by atoms with E-state index in [0.717, 1.165) is 56.1 Å². The van der Waals surface area contributed by atoms with E-state index in [2.05, 4.69) is 42.6 Å². The van der Waals surface area contributed by atoms with Crippen molar-refractivity contribution >= 4 is 11.3 Å². The monoisotopic (exact) mass is 411 g/mol. The molecule has 2 N–H and O–H groups in total. The van der Waals surface area contributed by atoms with E-state index in [1.807, 2.05) is 12.1 Å². The summed E-state index contributed by atoms with van der Waals surface area (Å²) in [5.74, 6) is 0.113. The third-order valence-corrected chi connectivity index (χ3v) is 7.32. The molecule has 1 aliphatic carbocycles. The number of hydrogen-bond acceptors (Lipinski definition) is 4. The Morgan fingerprint density at radius 2 is 1.97 bits per heavy atom. The van der Waals surface area contributed by atoms with Gasteiger partial charge in [0.05, 0.1) is 24.2 Å². The Morgan fingerprint density at radius 1 is 1.17 bits per heavy atom. The standard InChI is InChI=1S/C25H33NO2S/c1-2-3-4-10-23(27)18-11-13-19(14-12-18)25-22(20(17-26)16-24(25)28)9-5-7-21-8-6-15-29-21/h6,8,11-15,20,22-25,27-28H,2-5,7,9-10,16H2,1H3/t20-,22-,23?,24+,25+/m0/s1. The average Bonchev–Trinajstić information content (AvgIpc) is 3.36. The van der Waals surface area contributed by atoms with Crippen molar-refractivity contribution in [1.82, 2.24) is 0 Å². The van der Waals surface area contributed by atoms with E-state index in [9.17, 15) is 15.5 Å². The molecule has 0 aliphatic heterocycles. The van der Waals surface area contributed by atoms with Gasteiger partial charge in [-0.3, -0.25) is 0 Å². The van der Waals surface area contributed by atoms with Gasteiger partial charge >= 0.3 is 0 Å². The van der Waals surface area contributed by atoms with Crippen LogP contribution in [0.5, 0.6) is 0 Å². The van der Waals surface area contributed by atoms with Crippen molar-refractivity contribution in [3.8, 4) is 6.07 Å². The number of nitriles is 1. The Kier molecular flexibility index (Phi) is 8.29. The van der Waals surface area contributed by atoms with Gasteiger partial charge in [0.25, 0.3) is 0 Å². The summed E-state index contributed by atoms with van der Waals surface area (Å²) in [6.07, 6.45) is 6.84. The Labute approximate surface area is 179 Å². The zero-order valence-electron chi connectivity index (χ0n) is 17.3. The number of thiophene rings is 1. The summed E-state index contributed by atoms with van der Waals surface area (Å²) in [6, 6.07) is 14.8. The highest BCUT2D eigenvalue weighted by Gasteiger charge is 2.42. The fraction of sp³-hybridized carbons (Fsp3) is 0.560. The van der Waals surface area contributed by atoms with Gasteiger partial charge in [-0.1, -0.05) is 56.5 Å². The van der Waals surface area contributed by atoms with E-state index >= 15 is 0 Å². The molecule has 0 amide bonds. The molecule has 1 aromatic carbocycles. The molecule has 0 radical (unpaired) electrons. The van der Waals surface area contributed by atoms with E-state index < -0.39 is 12.2 Å². The molecule has 0 spiro atoms. The Bertz CT molecular complexity index is 765. The predicted octanol–water partition coefficient (Wildman–Crippen LogP) is 5.99. The predicted molar refractivity (Wildman–Crippen MR) is 119 cm³/mol. The molecular weight excluding hydrogens is 378 g/mol.